The van der Waals surface area contributed by atoms with Crippen molar-refractivity contribution in [1.82, 2.24) is 10.1 Å². The van der Waals surface area contributed by atoms with Crippen molar-refractivity contribution >= 4 is 0 Å². The van der Waals surface area contributed by atoms with Gasteiger partial charge in [0.15, 0.2) is 0 Å². The molecule has 0 amide bonds. The molecule has 74 valence electrons. The highest BCUT2D eigenvalue weighted by Crippen LogP contribution is 2.21. The van der Waals surface area contributed by atoms with Crippen LogP contribution < -0.4 is 0 Å². The number of aliphatic hydroxyl groups excluding tert-OH is 1. The SMILES string of the molecule is COC(C)(C)c1noc([C@H](C)O)n1. The second-order valence-corrected chi connectivity index (χ2v) is 3.35. The molecule has 0 bridgehead atoms. The van der Waals surface area contributed by atoms with Crippen LogP contribution in [0.15, 0.2) is 4.52 Å². The molecule has 0 aliphatic carbocycles. The normalized spacial score (nSPS) is 14.5. The van der Waals surface area contributed by atoms with Crippen molar-refractivity contribution in [3.63, 3.8) is 0 Å². The number of nitrogens with zero attached hydrogens (tertiary/aromatic N) is 2. The summed E-state index contributed by atoms with van der Waals surface area (Å²) in [6, 6.07) is 0. The fraction of sp³-hybridized carbons (Fsp3) is 0.750. The van der Waals surface area contributed by atoms with Gasteiger partial charge in [0.25, 0.3) is 5.89 Å². The van der Waals surface area contributed by atoms with Crippen LogP contribution in [0.25, 0.3) is 0 Å². The van der Waals surface area contributed by atoms with E-state index in [1.807, 2.05) is 13.8 Å². The highest BCUT2D eigenvalue weighted by molar-refractivity contribution is 4.98. The molecule has 0 unspecified atom stereocenters. The lowest BCUT2D eigenvalue weighted by molar-refractivity contribution is 0.00973. The summed E-state index contributed by atoms with van der Waals surface area (Å²) in [4.78, 5) is 4.00. The number of hydrogen-bond acceptors (Lipinski definition) is 5. The van der Waals surface area contributed by atoms with Gasteiger partial charge in [0.05, 0.1) is 0 Å². The Bertz CT molecular complexity index is 281. The quantitative estimate of drug-likeness (QED) is 0.762. The zero-order valence-electron chi connectivity index (χ0n) is 8.24. The summed E-state index contributed by atoms with van der Waals surface area (Å²) in [5.74, 6) is 0.644. The Balaban J connectivity index is 2.91. The summed E-state index contributed by atoms with van der Waals surface area (Å²) in [7, 11) is 1.57. The van der Waals surface area contributed by atoms with Crippen molar-refractivity contribution in [1.29, 1.82) is 0 Å². The molecule has 13 heavy (non-hydrogen) atoms. The smallest absolute Gasteiger partial charge is 0.255 e. The summed E-state index contributed by atoms with van der Waals surface area (Å²) < 4.78 is 9.97. The van der Waals surface area contributed by atoms with Crippen LogP contribution in [0.1, 0.15) is 38.6 Å². The summed E-state index contributed by atoms with van der Waals surface area (Å²) in [6.07, 6.45) is -0.742. The van der Waals surface area contributed by atoms with Crippen LogP contribution in [0.5, 0.6) is 0 Å². The molecule has 5 nitrogen and oxygen atoms in total. The van der Waals surface area contributed by atoms with Gasteiger partial charge in [-0.2, -0.15) is 4.98 Å². The second kappa shape index (κ2) is 3.43. The number of methoxy groups -OCH3 is 1. The van der Waals surface area contributed by atoms with Crippen LogP contribution in [0.2, 0.25) is 0 Å². The minimum Gasteiger partial charge on any atom is -0.384 e. The van der Waals surface area contributed by atoms with E-state index in [9.17, 15) is 0 Å². The van der Waals surface area contributed by atoms with E-state index in [0.717, 1.165) is 0 Å². The molecule has 1 N–H and O–H groups in total. The van der Waals surface area contributed by atoms with E-state index in [1.165, 1.54) is 0 Å². The average Bonchev–Trinajstić information content (AvgIpc) is 2.52. The van der Waals surface area contributed by atoms with Crippen molar-refractivity contribution in [2.75, 3.05) is 7.11 Å². The second-order valence-electron chi connectivity index (χ2n) is 3.35. The van der Waals surface area contributed by atoms with Gasteiger partial charge in [-0.15, -0.1) is 0 Å². The lowest BCUT2D eigenvalue weighted by Crippen LogP contribution is -2.21. The van der Waals surface area contributed by atoms with Crippen LogP contribution in [0.3, 0.4) is 0 Å². The fourth-order valence-corrected chi connectivity index (χ4v) is 0.741. The van der Waals surface area contributed by atoms with Gasteiger partial charge in [-0.05, 0) is 20.8 Å². The minimum absolute atomic E-state index is 0.208. The molecule has 1 aromatic rings. The van der Waals surface area contributed by atoms with Gasteiger partial charge in [-0.25, -0.2) is 0 Å². The third-order valence-electron chi connectivity index (χ3n) is 1.85. The third-order valence-corrected chi connectivity index (χ3v) is 1.85. The lowest BCUT2D eigenvalue weighted by Gasteiger charge is -2.17. The Kier molecular flexibility index (Phi) is 2.68. The van der Waals surface area contributed by atoms with Gasteiger partial charge < -0.3 is 14.4 Å². The maximum Gasteiger partial charge on any atom is 0.255 e. The monoisotopic (exact) mass is 186 g/mol. The van der Waals surface area contributed by atoms with Crippen LogP contribution in [-0.2, 0) is 10.3 Å². The van der Waals surface area contributed by atoms with E-state index in [1.54, 1.807) is 14.0 Å². The molecular weight excluding hydrogens is 172 g/mol. The first-order chi connectivity index (χ1) is 5.97. The summed E-state index contributed by atoms with van der Waals surface area (Å²) in [5.41, 5.74) is -0.587. The van der Waals surface area contributed by atoms with Gasteiger partial charge in [0.2, 0.25) is 5.82 Å². The van der Waals surface area contributed by atoms with Crippen molar-refractivity contribution in [3.05, 3.63) is 11.7 Å². The van der Waals surface area contributed by atoms with Crippen molar-refractivity contribution in [2.24, 2.45) is 0 Å². The molecular formula is C8H14N2O3. The van der Waals surface area contributed by atoms with Crippen LogP contribution >= 0.6 is 0 Å². The maximum atomic E-state index is 9.14. The Morgan fingerprint density at radius 3 is 2.54 bits per heavy atom. The number of ether oxygens (including phenoxy) is 1. The molecule has 1 aromatic heterocycles. The van der Waals surface area contributed by atoms with E-state index in [4.69, 9.17) is 14.4 Å². The molecule has 0 spiro atoms. The largest absolute Gasteiger partial charge is 0.384 e. The van der Waals surface area contributed by atoms with Crippen molar-refractivity contribution in [3.8, 4) is 0 Å². The molecule has 0 radical (unpaired) electrons. The zero-order valence-corrected chi connectivity index (χ0v) is 8.24. The summed E-state index contributed by atoms with van der Waals surface area (Å²) >= 11 is 0. The van der Waals surface area contributed by atoms with E-state index in [0.29, 0.717) is 5.82 Å². The summed E-state index contributed by atoms with van der Waals surface area (Å²) in [6.45, 7) is 5.21. The van der Waals surface area contributed by atoms with E-state index in [-0.39, 0.29) is 5.89 Å². The maximum absolute atomic E-state index is 9.14. The molecule has 1 atom stereocenters. The van der Waals surface area contributed by atoms with E-state index in [2.05, 4.69) is 10.1 Å². The topological polar surface area (TPSA) is 68.4 Å². The van der Waals surface area contributed by atoms with Gasteiger partial charge in [0.1, 0.15) is 11.7 Å². The molecule has 0 aromatic carbocycles. The van der Waals surface area contributed by atoms with E-state index >= 15 is 0 Å². The number of hydrogen-bond donors (Lipinski definition) is 1. The molecule has 0 aliphatic rings. The number of aromatic nitrogens is 2. The van der Waals surface area contributed by atoms with Crippen molar-refractivity contribution in [2.45, 2.75) is 32.5 Å². The number of rotatable bonds is 3. The molecule has 0 saturated heterocycles. The Morgan fingerprint density at radius 2 is 2.15 bits per heavy atom. The Hall–Kier alpha value is -0.940. The third kappa shape index (κ3) is 2.05. The minimum atomic E-state index is -0.742. The predicted molar refractivity (Wildman–Crippen MR) is 45.0 cm³/mol. The highest BCUT2D eigenvalue weighted by Gasteiger charge is 2.26. The fourth-order valence-electron chi connectivity index (χ4n) is 0.741. The average molecular weight is 186 g/mol. The molecule has 5 heteroatoms. The first kappa shape index (κ1) is 10.1. The zero-order chi connectivity index (χ0) is 10.1. The molecule has 0 fully saturated rings. The highest BCUT2D eigenvalue weighted by atomic mass is 16.5. The number of aliphatic hydroxyl groups is 1. The molecule has 1 rings (SSSR count). The first-order valence-electron chi connectivity index (χ1n) is 4.04. The Morgan fingerprint density at radius 1 is 1.54 bits per heavy atom. The van der Waals surface area contributed by atoms with Crippen LogP contribution in [0, 0.1) is 0 Å². The van der Waals surface area contributed by atoms with Gasteiger partial charge in [-0.1, -0.05) is 5.16 Å². The predicted octanol–water partition coefficient (Wildman–Crippen LogP) is 1.00. The van der Waals surface area contributed by atoms with Crippen molar-refractivity contribution < 1.29 is 14.4 Å². The standard InChI is InChI=1S/C8H14N2O3/c1-5(11)6-9-7(10-13-6)8(2,3)12-4/h5,11H,1-4H3/t5-/m0/s1. The van der Waals surface area contributed by atoms with Gasteiger partial charge >= 0.3 is 0 Å². The lowest BCUT2D eigenvalue weighted by atomic mass is 10.1. The van der Waals surface area contributed by atoms with Crippen LogP contribution in [-0.4, -0.2) is 22.4 Å². The van der Waals surface area contributed by atoms with E-state index < -0.39 is 11.7 Å². The molecule has 0 aliphatic heterocycles. The first-order valence-corrected chi connectivity index (χ1v) is 4.04. The van der Waals surface area contributed by atoms with Crippen LogP contribution in [0.4, 0.5) is 0 Å². The van der Waals surface area contributed by atoms with Gasteiger partial charge in [-0.3, -0.25) is 0 Å². The molecule has 1 heterocycles. The Labute approximate surface area is 76.7 Å². The molecule has 0 saturated carbocycles. The van der Waals surface area contributed by atoms with Gasteiger partial charge in [0, 0.05) is 7.11 Å². The summed E-state index contributed by atoms with van der Waals surface area (Å²) in [5, 5.41) is 12.8.